The Morgan fingerprint density at radius 2 is 1.75 bits per heavy atom. The first kappa shape index (κ1) is 17.6. The summed E-state index contributed by atoms with van der Waals surface area (Å²) in [5, 5.41) is 21.6. The van der Waals surface area contributed by atoms with Gasteiger partial charge in [0.15, 0.2) is 4.90 Å². The van der Waals surface area contributed by atoms with E-state index in [-0.39, 0.29) is 22.0 Å². The van der Waals surface area contributed by atoms with E-state index in [4.69, 9.17) is 11.6 Å². The maximum absolute atomic E-state index is 12.4. The van der Waals surface area contributed by atoms with Crippen LogP contribution < -0.4 is 4.72 Å². The molecule has 0 aliphatic heterocycles. The van der Waals surface area contributed by atoms with Crippen LogP contribution in [-0.4, -0.2) is 18.3 Å². The van der Waals surface area contributed by atoms with Crippen molar-refractivity contribution in [2.24, 2.45) is 0 Å². The van der Waals surface area contributed by atoms with Crippen LogP contribution in [0.4, 0.5) is 17.1 Å². The van der Waals surface area contributed by atoms with Crippen molar-refractivity contribution < 1.29 is 18.3 Å². The molecule has 0 aliphatic carbocycles. The fourth-order valence-corrected chi connectivity index (χ4v) is 3.59. The number of hydrogen-bond donors (Lipinski definition) is 1. The maximum atomic E-state index is 12.4. The first-order valence-corrected chi connectivity index (χ1v) is 8.20. The number of nitrogens with zero attached hydrogens (tertiary/aromatic N) is 2. The summed E-state index contributed by atoms with van der Waals surface area (Å²) in [6.45, 7) is 1.41. The third-order valence-electron chi connectivity index (χ3n) is 3.08. The van der Waals surface area contributed by atoms with Crippen molar-refractivity contribution in [2.45, 2.75) is 11.8 Å². The second-order valence-electron chi connectivity index (χ2n) is 4.71. The van der Waals surface area contributed by atoms with Gasteiger partial charge in [0.25, 0.3) is 21.4 Å². The second kappa shape index (κ2) is 6.42. The van der Waals surface area contributed by atoms with Crippen LogP contribution in [0.15, 0.2) is 41.3 Å². The molecule has 0 bridgehead atoms. The molecule has 2 aromatic carbocycles. The van der Waals surface area contributed by atoms with Crippen molar-refractivity contribution in [2.75, 3.05) is 4.72 Å². The van der Waals surface area contributed by atoms with E-state index in [1.165, 1.54) is 19.1 Å². The van der Waals surface area contributed by atoms with Gasteiger partial charge in [0.1, 0.15) is 0 Å². The summed E-state index contributed by atoms with van der Waals surface area (Å²) in [5.74, 6) is 0. The zero-order chi connectivity index (χ0) is 18.1. The van der Waals surface area contributed by atoms with Crippen molar-refractivity contribution in [3.8, 4) is 0 Å². The lowest BCUT2D eigenvalue weighted by atomic mass is 10.2. The van der Waals surface area contributed by atoms with Gasteiger partial charge in [-0.25, -0.2) is 8.42 Å². The molecule has 0 heterocycles. The number of halogens is 1. The summed E-state index contributed by atoms with van der Waals surface area (Å²) in [4.78, 5) is 19.8. The van der Waals surface area contributed by atoms with Crippen LogP contribution in [0.3, 0.4) is 0 Å². The highest BCUT2D eigenvalue weighted by molar-refractivity contribution is 7.92. The Morgan fingerprint density at radius 1 is 1.08 bits per heavy atom. The zero-order valence-electron chi connectivity index (χ0n) is 12.1. The number of nitrogens with one attached hydrogen (secondary N) is 1. The SMILES string of the molecule is Cc1cccc(S(=O)(=O)Nc2ccc([N+](=O)[O-])cc2Cl)c1[N+](=O)[O-]. The third-order valence-corrected chi connectivity index (χ3v) is 4.79. The molecule has 11 heteroatoms. The molecule has 24 heavy (non-hydrogen) atoms. The minimum absolute atomic E-state index is 0.127. The highest BCUT2D eigenvalue weighted by Crippen LogP contribution is 2.32. The number of benzene rings is 2. The Kier molecular flexibility index (Phi) is 4.71. The molecular weight excluding hydrogens is 362 g/mol. The van der Waals surface area contributed by atoms with Crippen LogP contribution in [0, 0.1) is 27.2 Å². The first-order valence-electron chi connectivity index (χ1n) is 6.34. The van der Waals surface area contributed by atoms with Gasteiger partial charge in [0, 0.05) is 17.7 Å². The molecule has 2 aromatic rings. The number of aryl methyl sites for hydroxylation is 1. The molecule has 0 fully saturated rings. The van der Waals surface area contributed by atoms with Crippen molar-refractivity contribution in [1.82, 2.24) is 0 Å². The Hall–Kier alpha value is -2.72. The smallest absolute Gasteiger partial charge is 0.278 e. The van der Waals surface area contributed by atoms with Gasteiger partial charge in [-0.2, -0.15) is 0 Å². The fourth-order valence-electron chi connectivity index (χ4n) is 1.98. The van der Waals surface area contributed by atoms with E-state index in [0.717, 1.165) is 24.3 Å². The van der Waals surface area contributed by atoms with E-state index < -0.39 is 30.5 Å². The Labute approximate surface area is 141 Å². The third kappa shape index (κ3) is 3.44. The Balaban J connectivity index is 2.49. The molecule has 2 rings (SSSR count). The van der Waals surface area contributed by atoms with Crippen molar-refractivity contribution >= 4 is 38.7 Å². The van der Waals surface area contributed by atoms with Gasteiger partial charge in [0.2, 0.25) is 0 Å². The average Bonchev–Trinajstić information content (AvgIpc) is 2.48. The van der Waals surface area contributed by atoms with Crippen LogP contribution >= 0.6 is 11.6 Å². The molecule has 0 atom stereocenters. The molecule has 0 saturated carbocycles. The lowest BCUT2D eigenvalue weighted by Crippen LogP contribution is -2.15. The highest BCUT2D eigenvalue weighted by Gasteiger charge is 2.28. The van der Waals surface area contributed by atoms with Gasteiger partial charge >= 0.3 is 0 Å². The number of sulfonamides is 1. The van der Waals surface area contributed by atoms with Crippen LogP contribution in [0.2, 0.25) is 5.02 Å². The van der Waals surface area contributed by atoms with E-state index in [0.29, 0.717) is 0 Å². The van der Waals surface area contributed by atoms with E-state index in [9.17, 15) is 28.6 Å². The highest BCUT2D eigenvalue weighted by atomic mass is 35.5. The summed E-state index contributed by atoms with van der Waals surface area (Å²) < 4.78 is 27.0. The topological polar surface area (TPSA) is 132 Å². The largest absolute Gasteiger partial charge is 0.292 e. The van der Waals surface area contributed by atoms with E-state index in [1.807, 2.05) is 0 Å². The number of nitro benzene ring substituents is 2. The van der Waals surface area contributed by atoms with E-state index >= 15 is 0 Å². The summed E-state index contributed by atoms with van der Waals surface area (Å²) in [6, 6.07) is 7.02. The average molecular weight is 372 g/mol. The molecule has 1 N–H and O–H groups in total. The summed E-state index contributed by atoms with van der Waals surface area (Å²) in [5.41, 5.74) is -0.816. The van der Waals surface area contributed by atoms with E-state index in [2.05, 4.69) is 4.72 Å². The predicted octanol–water partition coefficient (Wildman–Crippen LogP) is 3.27. The van der Waals surface area contributed by atoms with Gasteiger partial charge in [0.05, 0.1) is 20.6 Å². The minimum atomic E-state index is -4.31. The monoisotopic (exact) mass is 371 g/mol. The van der Waals surface area contributed by atoms with Gasteiger partial charge in [-0.3, -0.25) is 25.0 Å². The lowest BCUT2D eigenvalue weighted by Gasteiger charge is -2.10. The summed E-state index contributed by atoms with van der Waals surface area (Å²) in [7, 11) is -4.31. The van der Waals surface area contributed by atoms with Gasteiger partial charge in [-0.15, -0.1) is 0 Å². The summed E-state index contributed by atoms with van der Waals surface area (Å²) in [6.07, 6.45) is 0. The molecule has 0 aromatic heterocycles. The lowest BCUT2D eigenvalue weighted by molar-refractivity contribution is -0.388. The zero-order valence-corrected chi connectivity index (χ0v) is 13.7. The normalized spacial score (nSPS) is 11.1. The number of non-ortho nitro benzene ring substituents is 1. The van der Waals surface area contributed by atoms with Crippen molar-refractivity contribution in [3.63, 3.8) is 0 Å². The van der Waals surface area contributed by atoms with Crippen molar-refractivity contribution in [1.29, 1.82) is 0 Å². The van der Waals surface area contributed by atoms with Crippen LogP contribution in [0.5, 0.6) is 0 Å². The first-order chi connectivity index (χ1) is 11.1. The molecule has 0 radical (unpaired) electrons. The predicted molar refractivity (Wildman–Crippen MR) is 86.7 cm³/mol. The Morgan fingerprint density at radius 3 is 2.29 bits per heavy atom. The standard InChI is InChI=1S/C13H10ClN3O6S/c1-8-3-2-4-12(13(8)17(20)21)24(22,23)15-11-6-5-9(16(18)19)7-10(11)14/h2-7,15H,1H3. The molecule has 0 aliphatic rings. The molecule has 0 unspecified atom stereocenters. The van der Waals surface area contributed by atoms with Crippen LogP contribution in [0.1, 0.15) is 5.56 Å². The molecule has 0 amide bonds. The molecular formula is C13H10ClN3O6S. The quantitative estimate of drug-likeness (QED) is 0.633. The number of para-hydroxylation sites is 1. The number of hydrogen-bond acceptors (Lipinski definition) is 6. The van der Waals surface area contributed by atoms with Gasteiger partial charge in [-0.05, 0) is 19.1 Å². The molecule has 0 saturated heterocycles. The molecule has 126 valence electrons. The maximum Gasteiger partial charge on any atom is 0.292 e. The minimum Gasteiger partial charge on any atom is -0.278 e. The fraction of sp³-hybridized carbons (Fsp3) is 0.0769. The van der Waals surface area contributed by atoms with Gasteiger partial charge < -0.3 is 0 Å². The summed E-state index contributed by atoms with van der Waals surface area (Å²) >= 11 is 5.84. The second-order valence-corrected chi connectivity index (χ2v) is 6.76. The number of nitro groups is 2. The molecule has 0 spiro atoms. The van der Waals surface area contributed by atoms with Crippen molar-refractivity contribution in [3.05, 3.63) is 67.2 Å². The Bertz CT molecular complexity index is 945. The van der Waals surface area contributed by atoms with Crippen LogP contribution in [-0.2, 0) is 10.0 Å². The van der Waals surface area contributed by atoms with Gasteiger partial charge in [-0.1, -0.05) is 23.7 Å². The number of rotatable bonds is 5. The van der Waals surface area contributed by atoms with Crippen LogP contribution in [0.25, 0.3) is 0 Å². The molecule has 9 nitrogen and oxygen atoms in total. The number of anilines is 1. The van der Waals surface area contributed by atoms with E-state index in [1.54, 1.807) is 0 Å².